The van der Waals surface area contributed by atoms with Crippen molar-refractivity contribution in [1.29, 1.82) is 0 Å². The smallest absolute Gasteiger partial charge is 0.255 e. The minimum atomic E-state index is -0.101. The maximum atomic E-state index is 11.4. The summed E-state index contributed by atoms with van der Waals surface area (Å²) in [6.07, 6.45) is 4.73. The van der Waals surface area contributed by atoms with Crippen molar-refractivity contribution in [3.05, 3.63) is 28.4 Å². The Hall–Kier alpha value is -1.24. The van der Waals surface area contributed by atoms with Crippen molar-refractivity contribution in [2.45, 2.75) is 24.9 Å². The second-order valence-corrected chi connectivity index (χ2v) is 3.51. The molecular weight excluding hydrogens is 210 g/mol. The van der Waals surface area contributed by atoms with Crippen LogP contribution in [0.25, 0.3) is 0 Å². The molecule has 2 heterocycles. The van der Waals surface area contributed by atoms with E-state index in [2.05, 4.69) is 15.3 Å². The van der Waals surface area contributed by atoms with Crippen molar-refractivity contribution < 1.29 is 10.2 Å². The second-order valence-electron chi connectivity index (χ2n) is 3.51. The molecule has 1 saturated heterocycles. The van der Waals surface area contributed by atoms with Gasteiger partial charge in [0, 0.05) is 25.4 Å². The molecule has 0 spiro atoms. The zero-order chi connectivity index (χ0) is 12.0. The van der Waals surface area contributed by atoms with Crippen LogP contribution in [0.4, 0.5) is 0 Å². The van der Waals surface area contributed by atoms with Gasteiger partial charge < -0.3 is 20.5 Å². The number of rotatable bonds is 2. The van der Waals surface area contributed by atoms with Crippen molar-refractivity contribution in [2.75, 3.05) is 13.7 Å². The Morgan fingerprint density at radius 3 is 2.81 bits per heavy atom. The Balaban J connectivity index is 0.000000606. The fourth-order valence-electron chi connectivity index (χ4n) is 1.81. The van der Waals surface area contributed by atoms with Crippen molar-refractivity contribution in [3.63, 3.8) is 0 Å². The topological polar surface area (TPSA) is 98.2 Å². The number of aromatic nitrogens is 2. The lowest BCUT2D eigenvalue weighted by Gasteiger charge is -2.10. The summed E-state index contributed by atoms with van der Waals surface area (Å²) in [5.41, 5.74) is 0.555. The lowest BCUT2D eigenvalue weighted by atomic mass is 10.1. The predicted molar refractivity (Wildman–Crippen MR) is 59.0 cm³/mol. The summed E-state index contributed by atoms with van der Waals surface area (Å²) in [5.74, 6) is 0. The van der Waals surface area contributed by atoms with Crippen molar-refractivity contribution >= 4 is 0 Å². The largest absolute Gasteiger partial charge is 0.400 e. The molecule has 90 valence electrons. The first-order valence-corrected chi connectivity index (χ1v) is 5.15. The van der Waals surface area contributed by atoms with Gasteiger partial charge in [0.05, 0.1) is 18.5 Å². The number of hydrogen-bond donors (Lipinski definition) is 4. The summed E-state index contributed by atoms with van der Waals surface area (Å²) < 4.78 is 0. The van der Waals surface area contributed by atoms with E-state index in [1.165, 1.54) is 6.33 Å². The van der Waals surface area contributed by atoms with Crippen LogP contribution in [0.3, 0.4) is 0 Å². The molecule has 2 rings (SSSR count). The highest BCUT2D eigenvalue weighted by molar-refractivity contribution is 5.12. The van der Waals surface area contributed by atoms with Crippen molar-refractivity contribution in [2.24, 2.45) is 0 Å². The maximum Gasteiger partial charge on any atom is 0.255 e. The average Bonchev–Trinajstić information content (AvgIpc) is 2.81. The Kier molecular flexibility index (Phi) is 5.10. The zero-order valence-electron chi connectivity index (χ0n) is 9.18. The van der Waals surface area contributed by atoms with Gasteiger partial charge in [-0.25, -0.2) is 4.98 Å². The molecule has 6 nitrogen and oxygen atoms in total. The molecule has 0 aromatic carbocycles. The fraction of sp³-hybridized carbons (Fsp3) is 0.600. The average molecular weight is 227 g/mol. The maximum absolute atomic E-state index is 11.4. The Morgan fingerprint density at radius 2 is 2.25 bits per heavy atom. The molecule has 1 aromatic heterocycles. The number of hydrogen-bond acceptors (Lipinski definition) is 5. The molecule has 0 aliphatic carbocycles. The molecule has 2 unspecified atom stereocenters. The van der Waals surface area contributed by atoms with Crippen LogP contribution in [0.5, 0.6) is 0 Å². The minimum Gasteiger partial charge on any atom is -0.400 e. The fourth-order valence-corrected chi connectivity index (χ4v) is 1.81. The van der Waals surface area contributed by atoms with E-state index in [4.69, 9.17) is 10.2 Å². The van der Waals surface area contributed by atoms with Crippen LogP contribution >= 0.6 is 0 Å². The van der Waals surface area contributed by atoms with E-state index in [-0.39, 0.29) is 24.2 Å². The van der Waals surface area contributed by atoms with Crippen LogP contribution in [-0.4, -0.2) is 39.9 Å². The highest BCUT2D eigenvalue weighted by Crippen LogP contribution is 2.23. The summed E-state index contributed by atoms with van der Waals surface area (Å²) >= 11 is 0. The number of nitrogens with zero attached hydrogens (tertiary/aromatic N) is 1. The minimum absolute atomic E-state index is 0.0320. The lowest BCUT2D eigenvalue weighted by Crippen LogP contribution is -2.30. The molecule has 16 heavy (non-hydrogen) atoms. The van der Waals surface area contributed by atoms with Gasteiger partial charge in [-0.1, -0.05) is 0 Å². The molecule has 0 amide bonds. The first-order valence-electron chi connectivity index (χ1n) is 5.15. The van der Waals surface area contributed by atoms with E-state index >= 15 is 0 Å². The van der Waals surface area contributed by atoms with Gasteiger partial charge in [0.25, 0.3) is 5.56 Å². The van der Waals surface area contributed by atoms with Gasteiger partial charge in [0.15, 0.2) is 0 Å². The van der Waals surface area contributed by atoms with Gasteiger partial charge in [0.1, 0.15) is 0 Å². The number of aliphatic hydroxyl groups is 2. The van der Waals surface area contributed by atoms with Gasteiger partial charge in [-0.2, -0.15) is 0 Å². The van der Waals surface area contributed by atoms with Crippen molar-refractivity contribution in [3.8, 4) is 0 Å². The first-order chi connectivity index (χ1) is 7.81. The van der Waals surface area contributed by atoms with Gasteiger partial charge in [0.2, 0.25) is 0 Å². The van der Waals surface area contributed by atoms with E-state index in [1.54, 1.807) is 6.20 Å². The molecule has 1 fully saturated rings. The molecule has 4 N–H and O–H groups in total. The van der Waals surface area contributed by atoms with Gasteiger partial charge in [-0.3, -0.25) is 4.79 Å². The predicted octanol–water partition coefficient (Wildman–Crippen LogP) is -0.836. The monoisotopic (exact) mass is 227 g/mol. The van der Waals surface area contributed by atoms with E-state index in [9.17, 15) is 4.79 Å². The third-order valence-electron chi connectivity index (χ3n) is 2.58. The standard InChI is InChI=1S/C9H13N3O2.CH4O/c13-4-6-1-2-8(12-6)7-3-10-5-11-9(7)14;1-2/h3,5-6,8,12-13H,1-2,4H2,(H,10,11,14);2H,1H3. The van der Waals surface area contributed by atoms with Crippen LogP contribution in [0, 0.1) is 0 Å². The quantitative estimate of drug-likeness (QED) is 0.528. The number of H-pyrrole nitrogens is 1. The van der Waals surface area contributed by atoms with Crippen LogP contribution in [-0.2, 0) is 0 Å². The first kappa shape index (κ1) is 12.8. The summed E-state index contributed by atoms with van der Waals surface area (Å²) in [6, 6.07) is 0.143. The molecule has 0 bridgehead atoms. The van der Waals surface area contributed by atoms with Gasteiger partial charge >= 0.3 is 0 Å². The molecule has 1 aliphatic rings. The van der Waals surface area contributed by atoms with Crippen LogP contribution in [0.15, 0.2) is 17.3 Å². The van der Waals surface area contributed by atoms with Crippen LogP contribution in [0.2, 0.25) is 0 Å². The number of aliphatic hydroxyl groups excluding tert-OH is 2. The third-order valence-corrected chi connectivity index (χ3v) is 2.58. The molecule has 2 atom stereocenters. The van der Waals surface area contributed by atoms with Crippen LogP contribution in [0.1, 0.15) is 24.4 Å². The summed E-state index contributed by atoms with van der Waals surface area (Å²) in [7, 11) is 1.00. The normalized spacial score (nSPS) is 23.7. The number of aromatic amines is 1. The second kappa shape index (κ2) is 6.37. The molecule has 1 aromatic rings. The van der Waals surface area contributed by atoms with Crippen molar-refractivity contribution in [1.82, 2.24) is 15.3 Å². The highest BCUT2D eigenvalue weighted by Gasteiger charge is 2.25. The van der Waals surface area contributed by atoms with E-state index in [0.717, 1.165) is 20.0 Å². The van der Waals surface area contributed by atoms with Crippen LogP contribution < -0.4 is 10.9 Å². The van der Waals surface area contributed by atoms with E-state index in [0.29, 0.717) is 5.56 Å². The Bertz CT molecular complexity index is 366. The molecule has 1 aliphatic heterocycles. The molecular formula is C10H17N3O3. The molecule has 6 heteroatoms. The summed E-state index contributed by atoms with van der Waals surface area (Å²) in [4.78, 5) is 17.8. The number of nitrogens with one attached hydrogen (secondary N) is 2. The zero-order valence-corrected chi connectivity index (χ0v) is 9.18. The SMILES string of the molecule is CO.O=c1[nH]cncc1C1CCC(CO)N1. The summed E-state index contributed by atoms with van der Waals surface area (Å²) in [6.45, 7) is 0.120. The van der Waals surface area contributed by atoms with Gasteiger partial charge in [-0.05, 0) is 12.8 Å². The summed E-state index contributed by atoms with van der Waals surface area (Å²) in [5, 5.41) is 19.1. The third kappa shape index (κ3) is 2.88. The molecule has 0 saturated carbocycles. The highest BCUT2D eigenvalue weighted by atomic mass is 16.3. The Morgan fingerprint density at radius 1 is 1.50 bits per heavy atom. The van der Waals surface area contributed by atoms with Gasteiger partial charge in [-0.15, -0.1) is 0 Å². The Labute approximate surface area is 93.4 Å². The lowest BCUT2D eigenvalue weighted by molar-refractivity contribution is 0.251. The molecule has 0 radical (unpaired) electrons. The van der Waals surface area contributed by atoms with E-state index in [1.807, 2.05) is 0 Å². The van der Waals surface area contributed by atoms with E-state index < -0.39 is 0 Å².